The number of carboxylic acids is 1. The molecule has 2 amide bonds. The Morgan fingerprint density at radius 3 is 2.20 bits per heavy atom. The largest absolute Gasteiger partial charge is 0.481 e. The van der Waals surface area contributed by atoms with Crippen molar-refractivity contribution in [2.24, 2.45) is 11.8 Å². The van der Waals surface area contributed by atoms with E-state index in [9.17, 15) is 19.5 Å². The van der Waals surface area contributed by atoms with Gasteiger partial charge >= 0.3 is 12.1 Å². The van der Waals surface area contributed by atoms with E-state index in [-0.39, 0.29) is 30.8 Å². The Kier molecular flexibility index (Phi) is 7.43. The van der Waals surface area contributed by atoms with Crippen LogP contribution in [0.5, 0.6) is 0 Å². The van der Waals surface area contributed by atoms with Gasteiger partial charge in [-0.25, -0.2) is 4.79 Å². The van der Waals surface area contributed by atoms with Gasteiger partial charge in [-0.1, -0.05) is 61.4 Å². The Morgan fingerprint density at radius 1 is 0.971 bits per heavy atom. The van der Waals surface area contributed by atoms with Crippen LogP contribution < -0.4 is 10.6 Å². The Labute approximate surface area is 206 Å². The van der Waals surface area contributed by atoms with E-state index in [2.05, 4.69) is 34.9 Å². The molecule has 7 heteroatoms. The molecule has 0 aliphatic heterocycles. The minimum Gasteiger partial charge on any atom is -0.481 e. The second-order valence-electron chi connectivity index (χ2n) is 10.3. The van der Waals surface area contributed by atoms with E-state index in [0.29, 0.717) is 13.0 Å². The second-order valence-corrected chi connectivity index (χ2v) is 10.3. The molecule has 35 heavy (non-hydrogen) atoms. The van der Waals surface area contributed by atoms with E-state index in [1.807, 2.05) is 24.3 Å². The molecule has 7 nitrogen and oxygen atoms in total. The van der Waals surface area contributed by atoms with Crippen LogP contribution in [0.15, 0.2) is 48.5 Å². The minimum absolute atomic E-state index is 0.0303. The normalized spacial score (nSPS) is 19.4. The Balaban J connectivity index is 1.28. The maximum Gasteiger partial charge on any atom is 0.407 e. The predicted molar refractivity (Wildman–Crippen MR) is 133 cm³/mol. The van der Waals surface area contributed by atoms with Gasteiger partial charge in [-0.05, 0) is 54.9 Å². The van der Waals surface area contributed by atoms with E-state index >= 15 is 0 Å². The van der Waals surface area contributed by atoms with Crippen molar-refractivity contribution in [3.8, 4) is 11.1 Å². The van der Waals surface area contributed by atoms with E-state index in [0.717, 1.165) is 41.5 Å². The molecule has 3 N–H and O–H groups in total. The Morgan fingerprint density at radius 2 is 1.57 bits per heavy atom. The molecule has 1 saturated carbocycles. The van der Waals surface area contributed by atoms with Crippen molar-refractivity contribution < 1.29 is 24.2 Å². The Hall–Kier alpha value is -3.35. The lowest BCUT2D eigenvalue weighted by molar-refractivity contribution is -0.145. The highest BCUT2D eigenvalue weighted by Gasteiger charge is 2.33. The van der Waals surface area contributed by atoms with Gasteiger partial charge in [0.05, 0.1) is 5.92 Å². The summed E-state index contributed by atoms with van der Waals surface area (Å²) in [7, 11) is 0. The molecule has 0 aromatic heterocycles. The van der Waals surface area contributed by atoms with Crippen LogP contribution in [0.3, 0.4) is 0 Å². The average Bonchev–Trinajstić information content (AvgIpc) is 3.14. The molecule has 2 aliphatic rings. The zero-order chi connectivity index (χ0) is 25.0. The quantitative estimate of drug-likeness (QED) is 0.510. The van der Waals surface area contributed by atoms with Gasteiger partial charge in [0, 0.05) is 24.4 Å². The summed E-state index contributed by atoms with van der Waals surface area (Å²) in [6.07, 6.45) is 2.87. The number of alkyl carbamates (subject to hydrolysis) is 1. The maximum atomic E-state index is 12.6. The maximum absolute atomic E-state index is 12.6. The third kappa shape index (κ3) is 5.84. The summed E-state index contributed by atoms with van der Waals surface area (Å²) in [5.74, 6) is -1.50. The molecule has 186 valence electrons. The highest BCUT2D eigenvalue weighted by Crippen LogP contribution is 2.44. The number of amides is 2. The number of hydrogen-bond acceptors (Lipinski definition) is 4. The van der Waals surface area contributed by atoms with Gasteiger partial charge in [0.1, 0.15) is 6.61 Å². The summed E-state index contributed by atoms with van der Waals surface area (Å²) in [6.45, 7) is 4.10. The summed E-state index contributed by atoms with van der Waals surface area (Å²) in [5, 5.41) is 15.1. The molecule has 1 fully saturated rings. The van der Waals surface area contributed by atoms with Crippen LogP contribution in [0, 0.1) is 11.8 Å². The van der Waals surface area contributed by atoms with Gasteiger partial charge in [0.25, 0.3) is 0 Å². The van der Waals surface area contributed by atoms with Crippen molar-refractivity contribution in [1.29, 1.82) is 0 Å². The number of benzene rings is 2. The van der Waals surface area contributed by atoms with E-state index in [4.69, 9.17) is 4.74 Å². The number of carbonyl (C=O) groups is 3. The highest BCUT2D eigenvalue weighted by atomic mass is 16.5. The molecule has 0 saturated heterocycles. The molecule has 0 spiro atoms. The number of hydrogen-bond donors (Lipinski definition) is 3. The van der Waals surface area contributed by atoms with Crippen molar-refractivity contribution in [3.63, 3.8) is 0 Å². The lowest BCUT2D eigenvalue weighted by Gasteiger charge is -2.30. The van der Waals surface area contributed by atoms with Gasteiger partial charge in [-0.2, -0.15) is 0 Å². The van der Waals surface area contributed by atoms with Gasteiger partial charge in [0.15, 0.2) is 0 Å². The second kappa shape index (κ2) is 10.5. The molecule has 0 radical (unpaired) electrons. The first-order chi connectivity index (χ1) is 16.7. The van der Waals surface area contributed by atoms with Crippen LogP contribution >= 0.6 is 0 Å². The third-order valence-electron chi connectivity index (χ3n) is 7.17. The fourth-order valence-electron chi connectivity index (χ4n) is 5.44. The summed E-state index contributed by atoms with van der Waals surface area (Å²) in [4.78, 5) is 36.6. The number of carboxylic acid groups (broad SMARTS) is 1. The van der Waals surface area contributed by atoms with Gasteiger partial charge in [-0.3, -0.25) is 9.59 Å². The fraction of sp³-hybridized carbons (Fsp3) is 0.464. The summed E-state index contributed by atoms with van der Waals surface area (Å²) in [5.41, 5.74) is 3.80. The van der Waals surface area contributed by atoms with Crippen LogP contribution in [0.25, 0.3) is 11.1 Å². The number of nitrogens with one attached hydrogen (secondary N) is 2. The van der Waals surface area contributed by atoms with Crippen LogP contribution in [0.1, 0.15) is 63.0 Å². The average molecular weight is 479 g/mol. The zero-order valence-corrected chi connectivity index (χ0v) is 20.4. The van der Waals surface area contributed by atoms with Gasteiger partial charge in [-0.15, -0.1) is 0 Å². The number of ether oxygens (including phenoxy) is 1. The summed E-state index contributed by atoms with van der Waals surface area (Å²) >= 11 is 0. The molecule has 0 bridgehead atoms. The first-order valence-corrected chi connectivity index (χ1v) is 12.4. The van der Waals surface area contributed by atoms with Crippen molar-refractivity contribution in [1.82, 2.24) is 10.6 Å². The van der Waals surface area contributed by atoms with E-state index in [1.165, 1.54) is 0 Å². The summed E-state index contributed by atoms with van der Waals surface area (Å²) < 4.78 is 5.61. The van der Waals surface area contributed by atoms with Gasteiger partial charge < -0.3 is 20.5 Å². The summed E-state index contributed by atoms with van der Waals surface area (Å²) in [6, 6.07) is 16.3. The first kappa shape index (κ1) is 24.8. The zero-order valence-electron chi connectivity index (χ0n) is 20.4. The number of rotatable bonds is 8. The Bertz CT molecular complexity index is 1050. The third-order valence-corrected chi connectivity index (χ3v) is 7.17. The monoisotopic (exact) mass is 478 g/mol. The van der Waals surface area contributed by atoms with Crippen LogP contribution in [0.4, 0.5) is 4.79 Å². The smallest absolute Gasteiger partial charge is 0.407 e. The number of fused-ring (bicyclic) bond motifs is 3. The number of aliphatic carboxylic acids is 1. The lowest BCUT2D eigenvalue weighted by Crippen LogP contribution is -2.48. The van der Waals surface area contributed by atoms with Crippen LogP contribution in [-0.4, -0.2) is 41.8 Å². The predicted octanol–water partition coefficient (Wildman–Crippen LogP) is 4.70. The number of carbonyl (C=O) groups excluding carboxylic acids is 2. The molecule has 2 aliphatic carbocycles. The molecule has 2 aromatic carbocycles. The van der Waals surface area contributed by atoms with Crippen molar-refractivity contribution in [3.05, 3.63) is 59.7 Å². The van der Waals surface area contributed by atoms with Crippen molar-refractivity contribution in [2.75, 3.05) is 13.2 Å². The SMILES string of the molecule is CC(C)(CC(=O)NCC1CCCCC1C(=O)O)NC(=O)OCC1c2ccccc2-c2ccccc21. The van der Waals surface area contributed by atoms with Crippen LogP contribution in [-0.2, 0) is 14.3 Å². The van der Waals surface area contributed by atoms with E-state index in [1.54, 1.807) is 13.8 Å². The molecule has 4 rings (SSSR count). The van der Waals surface area contributed by atoms with E-state index < -0.39 is 23.5 Å². The molecule has 2 unspecified atom stereocenters. The molecular weight excluding hydrogens is 444 g/mol. The lowest BCUT2D eigenvalue weighted by atomic mass is 9.79. The molecule has 2 atom stereocenters. The van der Waals surface area contributed by atoms with Crippen molar-refractivity contribution >= 4 is 18.0 Å². The standard InChI is InChI=1S/C28H34N2O5/c1-28(2,15-25(31)29-16-18-9-3-4-10-19(18)26(32)33)30-27(34)35-17-24-22-13-7-5-11-20(22)21-12-6-8-14-23(21)24/h5-8,11-14,18-19,24H,3-4,9-10,15-17H2,1-2H3,(H,29,31)(H,30,34)(H,32,33). The molecular formula is C28H34N2O5. The molecule has 2 aromatic rings. The fourth-order valence-corrected chi connectivity index (χ4v) is 5.44. The minimum atomic E-state index is -0.814. The first-order valence-electron chi connectivity index (χ1n) is 12.4. The highest BCUT2D eigenvalue weighted by molar-refractivity contribution is 5.80. The topological polar surface area (TPSA) is 105 Å². The van der Waals surface area contributed by atoms with Crippen LogP contribution in [0.2, 0.25) is 0 Å². The molecule has 0 heterocycles. The van der Waals surface area contributed by atoms with Gasteiger partial charge in [0.2, 0.25) is 5.91 Å². The van der Waals surface area contributed by atoms with Crippen molar-refractivity contribution in [2.45, 2.75) is 57.4 Å².